The van der Waals surface area contributed by atoms with Crippen LogP contribution < -0.4 is 10.6 Å². The van der Waals surface area contributed by atoms with Gasteiger partial charge in [0.1, 0.15) is 5.75 Å². The Labute approximate surface area is 127 Å². The average molecular weight is 306 g/mol. The zero-order valence-electron chi connectivity index (χ0n) is 12.1. The summed E-state index contributed by atoms with van der Waals surface area (Å²) >= 11 is 1.28. The van der Waals surface area contributed by atoms with Crippen LogP contribution in [-0.2, 0) is 6.42 Å². The molecule has 0 aliphatic heterocycles. The number of carbonyl (C=O) groups is 1. The van der Waals surface area contributed by atoms with Gasteiger partial charge in [-0.05, 0) is 31.2 Å². The minimum Gasteiger partial charge on any atom is -0.494 e. The number of ketones is 1. The fourth-order valence-corrected chi connectivity index (χ4v) is 2.53. The number of ether oxygens (including phenoxy) is 1. The van der Waals surface area contributed by atoms with Gasteiger partial charge in [0.25, 0.3) is 0 Å². The smallest absolute Gasteiger partial charge is 0.210 e. The number of aromatic nitrogens is 3. The molecule has 0 unspecified atom stereocenters. The summed E-state index contributed by atoms with van der Waals surface area (Å²) in [5.74, 6) is 7.58. The highest BCUT2D eigenvalue weighted by Gasteiger charge is 2.12. The van der Waals surface area contributed by atoms with Gasteiger partial charge in [0.2, 0.25) is 5.16 Å². The molecular formula is C14H18N4O2S. The van der Waals surface area contributed by atoms with Gasteiger partial charge in [-0.1, -0.05) is 18.7 Å². The molecule has 0 radical (unpaired) electrons. The van der Waals surface area contributed by atoms with Gasteiger partial charge in [-0.3, -0.25) is 4.79 Å². The Hall–Kier alpha value is -2.02. The average Bonchev–Trinajstić information content (AvgIpc) is 2.86. The molecule has 2 aromatic rings. The maximum Gasteiger partial charge on any atom is 0.210 e. The van der Waals surface area contributed by atoms with Gasteiger partial charge < -0.3 is 10.6 Å². The van der Waals surface area contributed by atoms with E-state index < -0.39 is 0 Å². The van der Waals surface area contributed by atoms with Gasteiger partial charge in [-0.25, -0.2) is 4.68 Å². The summed E-state index contributed by atoms with van der Waals surface area (Å²) < 4.78 is 6.77. The lowest BCUT2D eigenvalue weighted by atomic mass is 10.1. The molecule has 0 aliphatic rings. The van der Waals surface area contributed by atoms with Crippen molar-refractivity contribution < 1.29 is 9.53 Å². The molecule has 21 heavy (non-hydrogen) atoms. The quantitative estimate of drug-likeness (QED) is 0.478. The highest BCUT2D eigenvalue weighted by Crippen LogP contribution is 2.18. The van der Waals surface area contributed by atoms with Crippen LogP contribution in [0.15, 0.2) is 29.4 Å². The summed E-state index contributed by atoms with van der Waals surface area (Å²) in [6.07, 6.45) is 0.705. The second-order valence-corrected chi connectivity index (χ2v) is 5.23. The number of Topliss-reactive ketones (excluding diaryl/α,β-unsaturated/α-hetero) is 1. The van der Waals surface area contributed by atoms with Crippen molar-refractivity contribution in [3.05, 3.63) is 35.7 Å². The van der Waals surface area contributed by atoms with E-state index in [1.807, 2.05) is 13.8 Å². The second kappa shape index (κ2) is 7.12. The Kier molecular flexibility index (Phi) is 5.21. The van der Waals surface area contributed by atoms with E-state index in [4.69, 9.17) is 10.6 Å². The molecule has 6 nitrogen and oxygen atoms in total. The third-order valence-corrected chi connectivity index (χ3v) is 3.81. The molecule has 0 aliphatic carbocycles. The van der Waals surface area contributed by atoms with Crippen LogP contribution in [0.3, 0.4) is 0 Å². The first-order valence-electron chi connectivity index (χ1n) is 6.74. The SMILES string of the molecule is CCOc1ccc(C(=O)CSc2nnc(CC)n2N)cc1. The van der Waals surface area contributed by atoms with E-state index in [0.717, 1.165) is 5.75 Å². The van der Waals surface area contributed by atoms with Crippen molar-refractivity contribution in [1.82, 2.24) is 14.9 Å². The number of nitrogen functional groups attached to an aromatic ring is 1. The zero-order chi connectivity index (χ0) is 15.2. The number of thioether (sulfide) groups is 1. The highest BCUT2D eigenvalue weighted by molar-refractivity contribution is 7.99. The van der Waals surface area contributed by atoms with E-state index in [9.17, 15) is 4.79 Å². The summed E-state index contributed by atoms with van der Waals surface area (Å²) in [7, 11) is 0. The Balaban J connectivity index is 1.96. The van der Waals surface area contributed by atoms with Crippen molar-refractivity contribution in [2.75, 3.05) is 18.2 Å². The normalized spacial score (nSPS) is 10.6. The standard InChI is InChI=1S/C14H18N4O2S/c1-3-13-16-17-14(18(13)15)21-9-12(19)10-5-7-11(8-6-10)20-4-2/h5-8H,3-4,9,15H2,1-2H3. The lowest BCUT2D eigenvalue weighted by Gasteiger charge is -2.05. The summed E-state index contributed by atoms with van der Waals surface area (Å²) in [4.78, 5) is 12.1. The molecule has 1 heterocycles. The van der Waals surface area contributed by atoms with Crippen molar-refractivity contribution in [3.63, 3.8) is 0 Å². The van der Waals surface area contributed by atoms with Crippen molar-refractivity contribution in [3.8, 4) is 5.75 Å². The number of aryl methyl sites for hydroxylation is 1. The number of hydrogen-bond acceptors (Lipinski definition) is 6. The van der Waals surface area contributed by atoms with Crippen LogP contribution in [0.1, 0.15) is 30.0 Å². The van der Waals surface area contributed by atoms with Crippen molar-refractivity contribution >= 4 is 17.5 Å². The van der Waals surface area contributed by atoms with E-state index >= 15 is 0 Å². The fourth-order valence-electron chi connectivity index (χ4n) is 1.76. The van der Waals surface area contributed by atoms with Gasteiger partial charge in [0, 0.05) is 12.0 Å². The lowest BCUT2D eigenvalue weighted by molar-refractivity contribution is 0.102. The maximum atomic E-state index is 12.1. The van der Waals surface area contributed by atoms with Crippen LogP contribution in [0.4, 0.5) is 0 Å². The van der Waals surface area contributed by atoms with Crippen molar-refractivity contribution in [2.45, 2.75) is 25.4 Å². The molecule has 2 rings (SSSR count). The lowest BCUT2D eigenvalue weighted by Crippen LogP contribution is -2.14. The number of hydrogen-bond donors (Lipinski definition) is 1. The highest BCUT2D eigenvalue weighted by atomic mass is 32.2. The van der Waals surface area contributed by atoms with E-state index in [-0.39, 0.29) is 11.5 Å². The maximum absolute atomic E-state index is 12.1. The number of benzene rings is 1. The molecule has 1 aromatic heterocycles. The van der Waals surface area contributed by atoms with Crippen LogP contribution in [0.25, 0.3) is 0 Å². The molecule has 0 fully saturated rings. The molecule has 1 aromatic carbocycles. The van der Waals surface area contributed by atoms with Crippen molar-refractivity contribution in [1.29, 1.82) is 0 Å². The molecule has 0 spiro atoms. The first-order valence-corrected chi connectivity index (χ1v) is 7.72. The predicted molar refractivity (Wildman–Crippen MR) is 82.2 cm³/mol. The number of nitrogens with zero attached hydrogens (tertiary/aromatic N) is 3. The Morgan fingerprint density at radius 2 is 2.00 bits per heavy atom. The van der Waals surface area contributed by atoms with Crippen LogP contribution in [0.5, 0.6) is 5.75 Å². The molecule has 0 bridgehead atoms. The number of nitrogens with two attached hydrogens (primary N) is 1. The molecule has 0 saturated carbocycles. The predicted octanol–water partition coefficient (Wildman–Crippen LogP) is 1.93. The fraction of sp³-hybridized carbons (Fsp3) is 0.357. The Bertz CT molecular complexity index is 610. The summed E-state index contributed by atoms with van der Waals surface area (Å²) in [5.41, 5.74) is 0.643. The van der Waals surface area contributed by atoms with Gasteiger partial charge in [-0.2, -0.15) is 0 Å². The van der Waals surface area contributed by atoms with E-state index in [1.165, 1.54) is 16.4 Å². The number of carbonyl (C=O) groups excluding carboxylic acids is 1. The zero-order valence-corrected chi connectivity index (χ0v) is 12.9. The van der Waals surface area contributed by atoms with Crippen LogP contribution in [-0.4, -0.2) is 33.0 Å². The second-order valence-electron chi connectivity index (χ2n) is 4.29. The largest absolute Gasteiger partial charge is 0.494 e. The van der Waals surface area contributed by atoms with E-state index in [0.29, 0.717) is 29.6 Å². The molecule has 112 valence electrons. The minimum absolute atomic E-state index is 0.0177. The minimum atomic E-state index is 0.0177. The number of rotatable bonds is 7. The van der Waals surface area contributed by atoms with E-state index in [2.05, 4.69) is 10.2 Å². The Morgan fingerprint density at radius 3 is 2.57 bits per heavy atom. The third-order valence-electron chi connectivity index (χ3n) is 2.87. The summed E-state index contributed by atoms with van der Waals surface area (Å²) in [5, 5.41) is 8.47. The monoisotopic (exact) mass is 306 g/mol. The van der Waals surface area contributed by atoms with Gasteiger partial charge in [-0.15, -0.1) is 10.2 Å². The van der Waals surface area contributed by atoms with Gasteiger partial charge in [0.05, 0.1) is 12.4 Å². The van der Waals surface area contributed by atoms with E-state index in [1.54, 1.807) is 24.3 Å². The van der Waals surface area contributed by atoms with Crippen LogP contribution in [0, 0.1) is 0 Å². The van der Waals surface area contributed by atoms with Crippen LogP contribution >= 0.6 is 11.8 Å². The molecular weight excluding hydrogens is 288 g/mol. The summed E-state index contributed by atoms with van der Waals surface area (Å²) in [6, 6.07) is 7.11. The van der Waals surface area contributed by atoms with Gasteiger partial charge in [0.15, 0.2) is 11.6 Å². The first-order chi connectivity index (χ1) is 10.2. The van der Waals surface area contributed by atoms with Gasteiger partial charge >= 0.3 is 0 Å². The molecule has 7 heteroatoms. The van der Waals surface area contributed by atoms with Crippen LogP contribution in [0.2, 0.25) is 0 Å². The first kappa shape index (κ1) is 15.4. The third kappa shape index (κ3) is 3.75. The Morgan fingerprint density at radius 1 is 1.29 bits per heavy atom. The molecule has 0 saturated heterocycles. The molecule has 2 N–H and O–H groups in total. The topological polar surface area (TPSA) is 83.0 Å². The molecule has 0 atom stereocenters. The summed E-state index contributed by atoms with van der Waals surface area (Å²) in [6.45, 7) is 4.48. The van der Waals surface area contributed by atoms with Crippen molar-refractivity contribution in [2.24, 2.45) is 0 Å². The molecule has 0 amide bonds.